The van der Waals surface area contributed by atoms with Gasteiger partial charge in [-0.1, -0.05) is 19.6 Å². The fourth-order valence-corrected chi connectivity index (χ4v) is 6.66. The van der Waals surface area contributed by atoms with Crippen molar-refractivity contribution in [3.8, 4) is 0 Å². The molecule has 1 aromatic carbocycles. The fourth-order valence-electron chi connectivity index (χ4n) is 5.90. The topological polar surface area (TPSA) is 91.8 Å². The van der Waals surface area contributed by atoms with Crippen molar-refractivity contribution in [2.75, 3.05) is 26.0 Å². The maximum absolute atomic E-state index is 15.5. The van der Waals surface area contributed by atoms with Gasteiger partial charge < -0.3 is 29.4 Å². The summed E-state index contributed by atoms with van der Waals surface area (Å²) in [6.07, 6.45) is -3.72. The van der Waals surface area contributed by atoms with E-state index in [0.29, 0.717) is 55.6 Å². The van der Waals surface area contributed by atoms with Gasteiger partial charge >= 0.3 is 6.18 Å². The summed E-state index contributed by atoms with van der Waals surface area (Å²) in [5.41, 5.74) is 7.43. The Balaban J connectivity index is 1.39. The number of nitrogens with two attached hydrogens (primary N) is 1. The number of anilines is 1. The molecule has 2 aliphatic heterocycles. The Kier molecular flexibility index (Phi) is 6.95. The number of nitrogens with zero attached hydrogens (tertiary/aromatic N) is 3. The monoisotopic (exact) mass is 606 g/mol. The second kappa shape index (κ2) is 10.0. The molecule has 2 N–H and O–H groups in total. The summed E-state index contributed by atoms with van der Waals surface area (Å²) in [7, 11) is 0.133. The average Bonchev–Trinajstić information content (AvgIpc) is 3.34. The maximum Gasteiger partial charge on any atom is 0.416 e. The molecule has 226 valence electrons. The molecule has 8 nitrogen and oxygen atoms in total. The van der Waals surface area contributed by atoms with Crippen molar-refractivity contribution in [2.24, 2.45) is 0 Å². The number of fused-ring (bicyclic) bond motifs is 5. The Morgan fingerprint density at radius 2 is 1.93 bits per heavy atom. The van der Waals surface area contributed by atoms with Crippen molar-refractivity contribution in [1.29, 1.82) is 0 Å². The zero-order chi connectivity index (χ0) is 30.2. The van der Waals surface area contributed by atoms with E-state index in [1.807, 2.05) is 0 Å². The van der Waals surface area contributed by atoms with E-state index in [-0.39, 0.29) is 30.2 Å². The number of carbonyl (C=O) groups excluding carboxylic acids is 1. The van der Waals surface area contributed by atoms with Crippen LogP contribution in [0, 0.1) is 5.82 Å². The third kappa shape index (κ3) is 4.99. The highest BCUT2D eigenvalue weighted by atomic mass is 28.3. The summed E-state index contributed by atoms with van der Waals surface area (Å²) in [4.78, 5) is 20.0. The lowest BCUT2D eigenvalue weighted by molar-refractivity contribution is -0.138. The van der Waals surface area contributed by atoms with E-state index in [1.165, 1.54) is 11.9 Å². The van der Waals surface area contributed by atoms with Crippen LogP contribution in [0.3, 0.4) is 0 Å². The Bertz CT molecular complexity index is 1580. The minimum Gasteiger partial charge on any atom is -0.383 e. The molecule has 1 amide bonds. The minimum atomic E-state index is -4.71. The zero-order valence-electron chi connectivity index (χ0n) is 24.0. The normalized spacial score (nSPS) is 19.3. The molecule has 3 aromatic rings. The van der Waals surface area contributed by atoms with Crippen LogP contribution in [0.1, 0.15) is 57.2 Å². The van der Waals surface area contributed by atoms with E-state index in [4.69, 9.17) is 19.9 Å². The molecule has 4 heterocycles. The molecule has 1 aliphatic carbocycles. The number of amides is 1. The van der Waals surface area contributed by atoms with Crippen molar-refractivity contribution in [2.45, 2.75) is 76.3 Å². The number of alkyl halides is 3. The van der Waals surface area contributed by atoms with E-state index in [0.717, 1.165) is 23.2 Å². The number of nitrogen functional groups attached to an aromatic ring is 1. The highest BCUT2D eigenvalue weighted by Gasteiger charge is 2.53. The number of hydrogen-bond acceptors (Lipinski definition) is 6. The molecule has 3 aliphatic rings. The number of halogens is 4. The van der Waals surface area contributed by atoms with Gasteiger partial charge in [-0.05, 0) is 42.6 Å². The van der Waals surface area contributed by atoms with Crippen LogP contribution in [0.25, 0.3) is 11.0 Å². The van der Waals surface area contributed by atoms with E-state index in [2.05, 4.69) is 24.6 Å². The molecular weight excluding hydrogens is 572 g/mol. The van der Waals surface area contributed by atoms with Crippen LogP contribution in [-0.4, -0.2) is 48.7 Å². The lowest BCUT2D eigenvalue weighted by atomic mass is 9.89. The van der Waals surface area contributed by atoms with Gasteiger partial charge in [-0.3, -0.25) is 4.79 Å². The number of carbonyl (C=O) groups is 1. The van der Waals surface area contributed by atoms with Crippen LogP contribution < -0.4 is 5.73 Å². The van der Waals surface area contributed by atoms with Crippen molar-refractivity contribution in [1.82, 2.24) is 14.5 Å². The number of pyridine rings is 1. The second-order valence-electron chi connectivity index (χ2n) is 12.6. The Labute approximate surface area is 241 Å². The van der Waals surface area contributed by atoms with Crippen LogP contribution in [-0.2, 0) is 45.9 Å². The number of ether oxygens (including phenoxy) is 3. The molecule has 13 heteroatoms. The summed E-state index contributed by atoms with van der Waals surface area (Å²) >= 11 is 0. The van der Waals surface area contributed by atoms with Gasteiger partial charge in [0.05, 0.1) is 48.1 Å². The van der Waals surface area contributed by atoms with Crippen LogP contribution in [0.2, 0.25) is 25.7 Å². The van der Waals surface area contributed by atoms with Gasteiger partial charge in [0, 0.05) is 38.4 Å². The maximum atomic E-state index is 15.5. The second-order valence-corrected chi connectivity index (χ2v) is 18.3. The predicted octanol–water partition coefficient (Wildman–Crippen LogP) is 5.95. The molecule has 2 aromatic heterocycles. The molecule has 0 bridgehead atoms. The lowest BCUT2D eigenvalue weighted by Gasteiger charge is -2.38. The lowest BCUT2D eigenvalue weighted by Crippen LogP contribution is -2.40. The molecule has 0 radical (unpaired) electrons. The van der Waals surface area contributed by atoms with Crippen LogP contribution in [0.4, 0.5) is 23.4 Å². The summed E-state index contributed by atoms with van der Waals surface area (Å²) in [5, 5.41) is 0. The molecule has 42 heavy (non-hydrogen) atoms. The molecular formula is C29H34F4N4O4Si. The van der Waals surface area contributed by atoms with Gasteiger partial charge in [0.25, 0.3) is 5.91 Å². The van der Waals surface area contributed by atoms with Gasteiger partial charge in [-0.2, -0.15) is 13.2 Å². The third-order valence-electron chi connectivity index (χ3n) is 8.50. The largest absolute Gasteiger partial charge is 0.416 e. The zero-order valence-corrected chi connectivity index (χ0v) is 25.0. The number of benzene rings is 1. The number of rotatable bonds is 7. The van der Waals surface area contributed by atoms with Crippen molar-refractivity contribution < 1.29 is 36.6 Å². The average molecular weight is 607 g/mol. The molecule has 1 atom stereocenters. The first-order valence-corrected chi connectivity index (χ1v) is 17.7. The summed E-state index contributed by atoms with van der Waals surface area (Å²) in [5.74, 6) is -1.15. The smallest absolute Gasteiger partial charge is 0.383 e. The standard InChI is InChI=1S/C29H34F4N4O4Si/c1-36(23-14-41-28(5-6-28)19-9-16(29(31,32)33)10-20(30)24(19)23)27(38)22-11-21-25(17-12-40-13-18(17)26(34)35-21)37(22)15-39-7-8-42(2,3)4/h9-11,23H,5-8,12-15H2,1-4H3,(H2,34,35). The fraction of sp³-hybridized carbons (Fsp3) is 0.517. The van der Waals surface area contributed by atoms with Crippen molar-refractivity contribution in [3.63, 3.8) is 0 Å². The Morgan fingerprint density at radius 1 is 1.21 bits per heavy atom. The molecule has 1 spiro atoms. The van der Waals surface area contributed by atoms with Crippen LogP contribution in [0.15, 0.2) is 18.2 Å². The van der Waals surface area contributed by atoms with Crippen molar-refractivity contribution in [3.05, 3.63) is 57.5 Å². The molecule has 0 saturated heterocycles. The van der Waals surface area contributed by atoms with Gasteiger partial charge in [-0.25, -0.2) is 9.37 Å². The van der Waals surface area contributed by atoms with Gasteiger partial charge in [0.15, 0.2) is 0 Å². The highest BCUT2D eigenvalue weighted by Crippen LogP contribution is 2.56. The van der Waals surface area contributed by atoms with Crippen molar-refractivity contribution >= 4 is 30.8 Å². The van der Waals surface area contributed by atoms with E-state index in [1.54, 1.807) is 10.6 Å². The van der Waals surface area contributed by atoms with Crippen LogP contribution in [0.5, 0.6) is 0 Å². The molecule has 6 rings (SSSR count). The first kappa shape index (κ1) is 29.1. The van der Waals surface area contributed by atoms with Crippen LogP contribution >= 0.6 is 0 Å². The highest BCUT2D eigenvalue weighted by molar-refractivity contribution is 6.76. The number of likely N-dealkylation sites (N-methyl/N-ethyl adjacent to an activating group) is 1. The Morgan fingerprint density at radius 3 is 2.60 bits per heavy atom. The van der Waals surface area contributed by atoms with Gasteiger partial charge in [-0.15, -0.1) is 0 Å². The Hall–Kier alpha value is -3.00. The number of hydrogen-bond donors (Lipinski definition) is 1. The first-order chi connectivity index (χ1) is 19.7. The van der Waals surface area contributed by atoms with E-state index in [9.17, 15) is 18.0 Å². The first-order valence-electron chi connectivity index (χ1n) is 14.0. The number of aromatic nitrogens is 2. The summed E-state index contributed by atoms with van der Waals surface area (Å²) in [6, 6.07) is 3.09. The summed E-state index contributed by atoms with van der Waals surface area (Å²) in [6.45, 7) is 7.90. The minimum absolute atomic E-state index is 0.0428. The third-order valence-corrected chi connectivity index (χ3v) is 10.2. The van der Waals surface area contributed by atoms with Gasteiger partial charge in [0.1, 0.15) is 24.1 Å². The quantitative estimate of drug-likeness (QED) is 0.203. The molecule has 1 fully saturated rings. The van der Waals surface area contributed by atoms with E-state index < -0.39 is 43.2 Å². The summed E-state index contributed by atoms with van der Waals surface area (Å²) < 4.78 is 75.7. The van der Waals surface area contributed by atoms with Gasteiger partial charge in [0.2, 0.25) is 0 Å². The van der Waals surface area contributed by atoms with E-state index >= 15 is 4.39 Å². The molecule has 1 saturated carbocycles. The SMILES string of the molecule is CN(C(=O)c1cc2nc(N)c3c(c2n1COCC[Si](C)(C)C)COC3)C1COC2(CC2)c2cc(C(F)(F)F)cc(F)c21. The molecule has 1 unspecified atom stereocenters. The predicted molar refractivity (Wildman–Crippen MR) is 150 cm³/mol.